The van der Waals surface area contributed by atoms with Gasteiger partial charge >= 0.3 is 0 Å². The predicted molar refractivity (Wildman–Crippen MR) is 56.6 cm³/mol. The molecule has 3 heteroatoms. The Morgan fingerprint density at radius 1 is 1.58 bits per heavy atom. The molecule has 0 saturated carbocycles. The Bertz CT molecular complexity index is 128. The van der Waals surface area contributed by atoms with Crippen LogP contribution in [0.5, 0.6) is 0 Å². The molecule has 1 saturated heterocycles. The van der Waals surface area contributed by atoms with Crippen LogP contribution in [0.4, 0.5) is 0 Å². The van der Waals surface area contributed by atoms with Crippen LogP contribution in [0.2, 0.25) is 0 Å². The van der Waals surface area contributed by atoms with Gasteiger partial charge in [-0.3, -0.25) is 0 Å². The van der Waals surface area contributed by atoms with E-state index >= 15 is 0 Å². The molecule has 0 aromatic heterocycles. The summed E-state index contributed by atoms with van der Waals surface area (Å²) in [6.45, 7) is 5.81. The number of likely N-dealkylation sites (tertiary alicyclic amines) is 1. The molecule has 0 bridgehead atoms. The van der Waals surface area contributed by atoms with Crippen molar-refractivity contribution in [3.8, 4) is 0 Å². The quantitative estimate of drug-likeness (QED) is 0.717. The van der Waals surface area contributed by atoms with Crippen LogP contribution in [0.25, 0.3) is 0 Å². The van der Waals surface area contributed by atoms with Crippen molar-refractivity contribution in [2.75, 3.05) is 31.6 Å². The van der Waals surface area contributed by atoms with E-state index in [4.69, 9.17) is 5.73 Å². The van der Waals surface area contributed by atoms with Gasteiger partial charge in [-0.2, -0.15) is 11.8 Å². The molecule has 1 aliphatic heterocycles. The molecule has 2 atom stereocenters. The third-order valence-corrected chi connectivity index (χ3v) is 3.30. The van der Waals surface area contributed by atoms with E-state index in [-0.39, 0.29) is 0 Å². The Balaban J connectivity index is 2.21. The molecule has 0 spiro atoms. The predicted octanol–water partition coefficient (Wildman–Crippen LogP) is 1.02. The highest BCUT2D eigenvalue weighted by Crippen LogP contribution is 2.15. The van der Waals surface area contributed by atoms with E-state index in [2.05, 4.69) is 18.1 Å². The molecule has 0 aliphatic carbocycles. The lowest BCUT2D eigenvalue weighted by atomic mass is 9.94. The zero-order valence-electron chi connectivity index (χ0n) is 8.12. The van der Waals surface area contributed by atoms with Crippen LogP contribution in [-0.4, -0.2) is 42.6 Å². The van der Waals surface area contributed by atoms with Crippen LogP contribution in [0, 0.1) is 5.92 Å². The number of nitrogens with two attached hydrogens (primary N) is 1. The third kappa shape index (κ3) is 2.96. The molecule has 2 unspecified atom stereocenters. The summed E-state index contributed by atoms with van der Waals surface area (Å²) in [7, 11) is 0. The van der Waals surface area contributed by atoms with Gasteiger partial charge in [0.2, 0.25) is 0 Å². The number of nitrogens with zero attached hydrogens (tertiary/aromatic N) is 1. The maximum Gasteiger partial charge on any atom is 0.0194 e. The van der Waals surface area contributed by atoms with Gasteiger partial charge in [0.15, 0.2) is 0 Å². The van der Waals surface area contributed by atoms with Gasteiger partial charge in [0, 0.05) is 24.9 Å². The first-order chi connectivity index (χ1) is 5.74. The van der Waals surface area contributed by atoms with E-state index in [0.29, 0.717) is 6.04 Å². The van der Waals surface area contributed by atoms with E-state index in [1.807, 2.05) is 11.8 Å². The summed E-state index contributed by atoms with van der Waals surface area (Å²) < 4.78 is 0. The highest BCUT2D eigenvalue weighted by atomic mass is 32.2. The average Bonchev–Trinajstić information content (AvgIpc) is 2.07. The number of rotatable bonds is 3. The zero-order valence-corrected chi connectivity index (χ0v) is 8.94. The highest BCUT2D eigenvalue weighted by molar-refractivity contribution is 7.98. The van der Waals surface area contributed by atoms with E-state index in [9.17, 15) is 0 Å². The Morgan fingerprint density at radius 2 is 2.33 bits per heavy atom. The highest BCUT2D eigenvalue weighted by Gasteiger charge is 2.22. The second-order valence-corrected chi connectivity index (χ2v) is 4.71. The molecule has 1 rings (SSSR count). The lowest BCUT2D eigenvalue weighted by molar-refractivity contribution is 0.178. The summed E-state index contributed by atoms with van der Waals surface area (Å²) in [4.78, 5) is 2.49. The molecule has 2 N–H and O–H groups in total. The average molecular weight is 188 g/mol. The summed E-state index contributed by atoms with van der Waals surface area (Å²) in [5.41, 5.74) is 5.99. The molecular formula is C9H20N2S. The minimum atomic E-state index is 0.403. The third-order valence-electron chi connectivity index (χ3n) is 2.71. The van der Waals surface area contributed by atoms with E-state index in [0.717, 1.165) is 12.5 Å². The van der Waals surface area contributed by atoms with Crippen LogP contribution in [0.3, 0.4) is 0 Å². The van der Waals surface area contributed by atoms with E-state index in [1.165, 1.54) is 25.3 Å². The fraction of sp³-hybridized carbons (Fsp3) is 1.00. The van der Waals surface area contributed by atoms with Gasteiger partial charge in [-0.05, 0) is 25.1 Å². The van der Waals surface area contributed by atoms with Crippen LogP contribution in [-0.2, 0) is 0 Å². The number of piperidine rings is 1. The molecule has 72 valence electrons. The van der Waals surface area contributed by atoms with Crippen molar-refractivity contribution < 1.29 is 0 Å². The van der Waals surface area contributed by atoms with Gasteiger partial charge in [-0.25, -0.2) is 0 Å². The topological polar surface area (TPSA) is 29.3 Å². The molecule has 0 aromatic rings. The van der Waals surface area contributed by atoms with Crippen LogP contribution in [0.15, 0.2) is 0 Å². The summed E-state index contributed by atoms with van der Waals surface area (Å²) in [5, 5.41) is 0. The van der Waals surface area contributed by atoms with Crippen molar-refractivity contribution in [3.63, 3.8) is 0 Å². The van der Waals surface area contributed by atoms with Crippen molar-refractivity contribution >= 4 is 11.8 Å². The fourth-order valence-corrected chi connectivity index (χ4v) is 2.03. The maximum atomic E-state index is 5.99. The zero-order chi connectivity index (χ0) is 8.97. The van der Waals surface area contributed by atoms with Crippen LogP contribution in [0.1, 0.15) is 13.3 Å². The second kappa shape index (κ2) is 5.10. The van der Waals surface area contributed by atoms with Gasteiger partial charge in [0.25, 0.3) is 0 Å². The molecule has 0 radical (unpaired) electrons. The molecule has 1 heterocycles. The lowest BCUT2D eigenvalue weighted by Gasteiger charge is -2.34. The number of hydrogen-bond donors (Lipinski definition) is 1. The van der Waals surface area contributed by atoms with Gasteiger partial charge in [0.05, 0.1) is 0 Å². The molecule has 0 aromatic carbocycles. The van der Waals surface area contributed by atoms with Crippen molar-refractivity contribution in [2.45, 2.75) is 19.4 Å². The largest absolute Gasteiger partial charge is 0.326 e. The molecule has 12 heavy (non-hydrogen) atoms. The molecule has 2 nitrogen and oxygen atoms in total. The second-order valence-electron chi connectivity index (χ2n) is 3.72. The van der Waals surface area contributed by atoms with Crippen LogP contribution >= 0.6 is 11.8 Å². The van der Waals surface area contributed by atoms with Crippen LogP contribution < -0.4 is 5.73 Å². The molecular weight excluding hydrogens is 168 g/mol. The van der Waals surface area contributed by atoms with Gasteiger partial charge in [0.1, 0.15) is 0 Å². The Morgan fingerprint density at radius 3 is 2.92 bits per heavy atom. The van der Waals surface area contributed by atoms with Crippen molar-refractivity contribution in [3.05, 3.63) is 0 Å². The van der Waals surface area contributed by atoms with E-state index < -0.39 is 0 Å². The minimum Gasteiger partial charge on any atom is -0.326 e. The number of hydrogen-bond acceptors (Lipinski definition) is 3. The van der Waals surface area contributed by atoms with Crippen molar-refractivity contribution in [1.29, 1.82) is 0 Å². The first-order valence-electron chi connectivity index (χ1n) is 4.71. The Labute approximate surface area is 79.9 Å². The van der Waals surface area contributed by atoms with E-state index in [1.54, 1.807) is 0 Å². The minimum absolute atomic E-state index is 0.403. The SMILES string of the molecule is CSCCN1CCC(C)C(N)C1. The van der Waals surface area contributed by atoms with Gasteiger partial charge in [-0.1, -0.05) is 6.92 Å². The summed E-state index contributed by atoms with van der Waals surface area (Å²) in [6, 6.07) is 0.403. The first kappa shape index (κ1) is 10.4. The van der Waals surface area contributed by atoms with Crippen molar-refractivity contribution in [1.82, 2.24) is 4.90 Å². The normalized spacial score (nSPS) is 32.2. The molecule has 1 aliphatic rings. The Kier molecular flexibility index (Phi) is 4.40. The monoisotopic (exact) mass is 188 g/mol. The molecule has 0 amide bonds. The number of thioether (sulfide) groups is 1. The molecule has 1 fully saturated rings. The summed E-state index contributed by atoms with van der Waals surface area (Å²) >= 11 is 1.91. The lowest BCUT2D eigenvalue weighted by Crippen LogP contribution is -2.48. The smallest absolute Gasteiger partial charge is 0.0194 e. The maximum absolute atomic E-state index is 5.99. The fourth-order valence-electron chi connectivity index (χ4n) is 1.59. The Hall–Kier alpha value is 0.270. The first-order valence-corrected chi connectivity index (χ1v) is 6.10. The summed E-state index contributed by atoms with van der Waals surface area (Å²) in [6.07, 6.45) is 3.43. The summed E-state index contributed by atoms with van der Waals surface area (Å²) in [5.74, 6) is 1.96. The van der Waals surface area contributed by atoms with Gasteiger partial charge in [-0.15, -0.1) is 0 Å². The van der Waals surface area contributed by atoms with Crippen molar-refractivity contribution in [2.24, 2.45) is 11.7 Å². The van der Waals surface area contributed by atoms with Gasteiger partial charge < -0.3 is 10.6 Å². The standard InChI is InChI=1S/C9H20N2S/c1-8-3-4-11(5-6-12-2)7-9(8)10/h8-9H,3-7,10H2,1-2H3.